The fourth-order valence-corrected chi connectivity index (χ4v) is 3.99. The Hall–Kier alpha value is -1.49. The molecule has 114 valence electrons. The van der Waals surface area contributed by atoms with E-state index in [-0.39, 0.29) is 11.3 Å². The van der Waals surface area contributed by atoms with Gasteiger partial charge in [-0.05, 0) is 24.8 Å². The van der Waals surface area contributed by atoms with Gasteiger partial charge in [0, 0.05) is 12.2 Å². The average Bonchev–Trinajstić information content (AvgIpc) is 2.92. The van der Waals surface area contributed by atoms with Crippen LogP contribution in [0.2, 0.25) is 0 Å². The second-order valence-electron chi connectivity index (χ2n) is 5.19. The number of hydrogen-bond donors (Lipinski definition) is 1. The molecule has 4 nitrogen and oxygen atoms in total. The van der Waals surface area contributed by atoms with Crippen LogP contribution >= 0.6 is 11.8 Å². The first-order chi connectivity index (χ1) is 10.1. The summed E-state index contributed by atoms with van der Waals surface area (Å²) in [6, 6.07) is 9.38. The molecule has 1 aromatic rings. The van der Waals surface area contributed by atoms with Crippen molar-refractivity contribution in [3.63, 3.8) is 0 Å². The van der Waals surface area contributed by atoms with Crippen molar-refractivity contribution in [3.05, 3.63) is 35.9 Å². The Morgan fingerprint density at radius 2 is 2.05 bits per heavy atom. The Labute approximate surface area is 129 Å². The van der Waals surface area contributed by atoms with Crippen LogP contribution in [0.5, 0.6) is 0 Å². The molecule has 1 aromatic carbocycles. The minimum Gasteiger partial charge on any atom is -0.480 e. The second kappa shape index (κ2) is 7.50. The van der Waals surface area contributed by atoms with Crippen LogP contribution < -0.4 is 0 Å². The molecule has 0 spiro atoms. The fourth-order valence-electron chi connectivity index (χ4n) is 2.62. The van der Waals surface area contributed by atoms with E-state index >= 15 is 0 Å². The molecule has 1 heterocycles. The molecule has 2 atom stereocenters. The van der Waals surface area contributed by atoms with Gasteiger partial charge in [0.25, 0.3) is 0 Å². The van der Waals surface area contributed by atoms with Crippen LogP contribution in [0.15, 0.2) is 30.3 Å². The zero-order chi connectivity index (χ0) is 15.2. The standard InChI is InChI=1S/C16H21NO3S/c1-2-15-17(13(11-21-15)16(19)20)14(18)10-6-9-12-7-4-3-5-8-12/h3-5,7-8,13,15H,2,6,9-11H2,1H3,(H,19,20). The number of carboxylic acids is 1. The molecule has 1 amide bonds. The lowest BCUT2D eigenvalue weighted by Crippen LogP contribution is -2.45. The average molecular weight is 307 g/mol. The molecule has 1 aliphatic heterocycles. The topological polar surface area (TPSA) is 57.6 Å². The summed E-state index contributed by atoms with van der Waals surface area (Å²) in [5, 5.41) is 9.25. The molecule has 1 aliphatic rings. The van der Waals surface area contributed by atoms with Crippen LogP contribution in [0.1, 0.15) is 31.7 Å². The first-order valence-electron chi connectivity index (χ1n) is 7.33. The highest BCUT2D eigenvalue weighted by Crippen LogP contribution is 2.32. The first kappa shape index (κ1) is 15.9. The van der Waals surface area contributed by atoms with Crippen LogP contribution in [0.4, 0.5) is 0 Å². The zero-order valence-corrected chi connectivity index (χ0v) is 13.0. The number of nitrogens with zero attached hydrogens (tertiary/aromatic N) is 1. The Bertz CT molecular complexity index is 492. The molecule has 0 aromatic heterocycles. The van der Waals surface area contributed by atoms with Gasteiger partial charge in [-0.25, -0.2) is 4.79 Å². The maximum Gasteiger partial charge on any atom is 0.327 e. The summed E-state index contributed by atoms with van der Waals surface area (Å²) < 4.78 is 0. The summed E-state index contributed by atoms with van der Waals surface area (Å²) in [6.45, 7) is 1.99. The van der Waals surface area contributed by atoms with Gasteiger partial charge in [0.1, 0.15) is 6.04 Å². The van der Waals surface area contributed by atoms with Crippen molar-refractivity contribution in [1.82, 2.24) is 4.90 Å². The van der Waals surface area contributed by atoms with E-state index in [9.17, 15) is 14.7 Å². The SMILES string of the molecule is CCC1SCC(C(=O)O)N1C(=O)CCCc1ccccc1. The minimum atomic E-state index is -0.894. The summed E-state index contributed by atoms with van der Waals surface area (Å²) >= 11 is 1.57. The number of benzene rings is 1. The smallest absolute Gasteiger partial charge is 0.327 e. The largest absolute Gasteiger partial charge is 0.480 e. The lowest BCUT2D eigenvalue weighted by atomic mass is 10.1. The van der Waals surface area contributed by atoms with Crippen LogP contribution in [-0.2, 0) is 16.0 Å². The molecule has 0 radical (unpaired) electrons. The predicted molar refractivity (Wildman–Crippen MR) is 84.2 cm³/mol. The normalized spacial score (nSPS) is 21.5. The van der Waals surface area contributed by atoms with Gasteiger partial charge >= 0.3 is 5.97 Å². The minimum absolute atomic E-state index is 0.00956. The first-order valence-corrected chi connectivity index (χ1v) is 8.38. The third-order valence-corrected chi connectivity index (χ3v) is 5.17. The molecule has 0 aliphatic carbocycles. The lowest BCUT2D eigenvalue weighted by molar-refractivity contribution is -0.149. The number of carboxylic acid groups (broad SMARTS) is 1. The van der Waals surface area contributed by atoms with E-state index in [1.54, 1.807) is 16.7 Å². The number of carbonyl (C=O) groups excluding carboxylic acids is 1. The number of amides is 1. The number of rotatable bonds is 6. The molecular weight excluding hydrogens is 286 g/mol. The monoisotopic (exact) mass is 307 g/mol. The Morgan fingerprint density at radius 1 is 1.33 bits per heavy atom. The van der Waals surface area contributed by atoms with Gasteiger partial charge in [0.05, 0.1) is 5.37 Å². The van der Waals surface area contributed by atoms with Gasteiger partial charge in [0.15, 0.2) is 0 Å². The summed E-state index contributed by atoms with van der Waals surface area (Å²) in [6.07, 6.45) is 2.81. The van der Waals surface area contributed by atoms with Crippen molar-refractivity contribution in [1.29, 1.82) is 0 Å². The molecular formula is C16H21NO3S. The number of aliphatic carboxylic acids is 1. The van der Waals surface area contributed by atoms with Crippen molar-refractivity contribution in [2.75, 3.05) is 5.75 Å². The Balaban J connectivity index is 1.90. The Kier molecular flexibility index (Phi) is 5.67. The van der Waals surface area contributed by atoms with Crippen molar-refractivity contribution < 1.29 is 14.7 Å². The van der Waals surface area contributed by atoms with Crippen LogP contribution in [-0.4, -0.2) is 39.1 Å². The molecule has 1 fully saturated rings. The third kappa shape index (κ3) is 4.00. The molecule has 2 unspecified atom stereocenters. The van der Waals surface area contributed by atoms with Crippen molar-refractivity contribution in [2.45, 2.75) is 44.0 Å². The summed E-state index contributed by atoms with van der Waals surface area (Å²) in [5.74, 6) is -0.428. The van der Waals surface area contributed by atoms with Gasteiger partial charge in [-0.3, -0.25) is 4.79 Å². The number of thioether (sulfide) groups is 1. The van der Waals surface area contributed by atoms with Crippen molar-refractivity contribution in [3.8, 4) is 0 Å². The van der Waals surface area contributed by atoms with Crippen LogP contribution in [0.25, 0.3) is 0 Å². The highest BCUT2D eigenvalue weighted by molar-refractivity contribution is 8.00. The van der Waals surface area contributed by atoms with E-state index in [1.165, 1.54) is 5.56 Å². The maximum atomic E-state index is 12.4. The summed E-state index contributed by atoms with van der Waals surface area (Å²) in [7, 11) is 0. The van der Waals surface area contributed by atoms with E-state index in [2.05, 4.69) is 0 Å². The van der Waals surface area contributed by atoms with E-state index < -0.39 is 12.0 Å². The van der Waals surface area contributed by atoms with Crippen LogP contribution in [0, 0.1) is 0 Å². The quantitative estimate of drug-likeness (QED) is 0.878. The van der Waals surface area contributed by atoms with E-state index in [0.717, 1.165) is 19.3 Å². The third-order valence-electron chi connectivity index (χ3n) is 3.71. The predicted octanol–water partition coefficient (Wildman–Crippen LogP) is 2.77. The molecule has 2 rings (SSSR count). The van der Waals surface area contributed by atoms with E-state index in [0.29, 0.717) is 12.2 Å². The van der Waals surface area contributed by atoms with E-state index in [4.69, 9.17) is 0 Å². The Morgan fingerprint density at radius 3 is 2.67 bits per heavy atom. The molecule has 1 N–H and O–H groups in total. The van der Waals surface area contributed by atoms with Crippen molar-refractivity contribution in [2.24, 2.45) is 0 Å². The van der Waals surface area contributed by atoms with E-state index in [1.807, 2.05) is 37.3 Å². The number of carbonyl (C=O) groups is 2. The van der Waals surface area contributed by atoms with Gasteiger partial charge in [-0.15, -0.1) is 11.8 Å². The molecule has 0 saturated carbocycles. The lowest BCUT2D eigenvalue weighted by Gasteiger charge is -2.26. The van der Waals surface area contributed by atoms with Gasteiger partial charge in [-0.2, -0.15) is 0 Å². The molecule has 1 saturated heterocycles. The maximum absolute atomic E-state index is 12.4. The molecule has 5 heteroatoms. The van der Waals surface area contributed by atoms with Crippen molar-refractivity contribution >= 4 is 23.6 Å². The summed E-state index contributed by atoms with van der Waals surface area (Å²) in [5.41, 5.74) is 1.21. The highest BCUT2D eigenvalue weighted by Gasteiger charge is 2.40. The molecule has 0 bridgehead atoms. The fraction of sp³-hybridized carbons (Fsp3) is 0.500. The number of aryl methyl sites for hydroxylation is 1. The second-order valence-corrected chi connectivity index (χ2v) is 6.40. The number of hydrogen-bond acceptors (Lipinski definition) is 3. The van der Waals surface area contributed by atoms with Gasteiger partial charge < -0.3 is 10.0 Å². The summed E-state index contributed by atoms with van der Waals surface area (Å²) in [4.78, 5) is 25.2. The van der Waals surface area contributed by atoms with Gasteiger partial charge in [0.2, 0.25) is 5.91 Å². The van der Waals surface area contributed by atoms with Crippen LogP contribution in [0.3, 0.4) is 0 Å². The highest BCUT2D eigenvalue weighted by atomic mass is 32.2. The zero-order valence-electron chi connectivity index (χ0n) is 12.2. The van der Waals surface area contributed by atoms with Gasteiger partial charge in [-0.1, -0.05) is 37.3 Å². The molecule has 21 heavy (non-hydrogen) atoms.